The van der Waals surface area contributed by atoms with Crippen LogP contribution >= 0.6 is 0 Å². The second-order valence-corrected chi connectivity index (χ2v) is 1.95. The van der Waals surface area contributed by atoms with Gasteiger partial charge in [0.2, 0.25) is 0 Å². The highest BCUT2D eigenvalue weighted by atomic mass is 16.5. The van der Waals surface area contributed by atoms with Gasteiger partial charge in [0.05, 0.1) is 6.10 Å². The summed E-state index contributed by atoms with van der Waals surface area (Å²) in [5.41, 5.74) is 0. The molecule has 7 heavy (non-hydrogen) atoms. The number of aliphatic hydroxyl groups excluding tert-OH is 1. The van der Waals surface area contributed by atoms with E-state index in [1.54, 1.807) is 7.11 Å². The lowest BCUT2D eigenvalue weighted by Crippen LogP contribution is -1.94. The monoisotopic (exact) mass is 102 g/mol. The molecular weight excluding hydrogens is 92.1 g/mol. The highest BCUT2D eigenvalue weighted by Crippen LogP contribution is 2.31. The zero-order chi connectivity index (χ0) is 5.28. The summed E-state index contributed by atoms with van der Waals surface area (Å²) in [4.78, 5) is 0. The molecule has 0 heterocycles. The summed E-state index contributed by atoms with van der Waals surface area (Å²) < 4.78 is 4.90. The van der Waals surface area contributed by atoms with Gasteiger partial charge in [-0.05, 0) is 6.42 Å². The molecule has 1 aliphatic carbocycles. The van der Waals surface area contributed by atoms with Crippen LogP contribution < -0.4 is 0 Å². The van der Waals surface area contributed by atoms with Crippen LogP contribution in [0.5, 0.6) is 0 Å². The first-order chi connectivity index (χ1) is 3.38. The highest BCUT2D eigenvalue weighted by molar-refractivity contribution is 4.86. The summed E-state index contributed by atoms with van der Waals surface area (Å²) >= 11 is 0. The van der Waals surface area contributed by atoms with Gasteiger partial charge < -0.3 is 9.84 Å². The van der Waals surface area contributed by atoms with Gasteiger partial charge >= 0.3 is 0 Å². The van der Waals surface area contributed by atoms with Crippen molar-refractivity contribution in [2.24, 2.45) is 5.92 Å². The van der Waals surface area contributed by atoms with Crippen molar-refractivity contribution in [1.82, 2.24) is 0 Å². The van der Waals surface area contributed by atoms with Crippen molar-refractivity contribution in [3.8, 4) is 0 Å². The van der Waals surface area contributed by atoms with Crippen LogP contribution in [0.1, 0.15) is 6.42 Å². The minimum absolute atomic E-state index is 0.290. The van der Waals surface area contributed by atoms with Gasteiger partial charge in [-0.25, -0.2) is 0 Å². The first-order valence-corrected chi connectivity index (χ1v) is 2.52. The second-order valence-electron chi connectivity index (χ2n) is 1.95. The fraction of sp³-hybridized carbons (Fsp3) is 1.00. The molecule has 0 saturated heterocycles. The molecule has 0 aliphatic heterocycles. The summed E-state index contributed by atoms with van der Waals surface area (Å²) in [6.45, 7) is 0.290. The zero-order valence-electron chi connectivity index (χ0n) is 4.42. The number of aliphatic hydroxyl groups is 1. The number of hydrogen-bond acceptors (Lipinski definition) is 2. The Balaban J connectivity index is 2.06. The maximum atomic E-state index is 8.43. The van der Waals surface area contributed by atoms with Gasteiger partial charge in [0.25, 0.3) is 0 Å². The molecular formula is C5H10O2. The van der Waals surface area contributed by atoms with E-state index in [1.165, 1.54) is 0 Å². The summed E-state index contributed by atoms with van der Waals surface area (Å²) in [7, 11) is 1.68. The van der Waals surface area contributed by atoms with Gasteiger partial charge in [0.15, 0.2) is 0 Å². The fourth-order valence-electron chi connectivity index (χ4n) is 0.701. The van der Waals surface area contributed by atoms with Crippen LogP contribution in [0, 0.1) is 5.92 Å². The molecule has 1 aliphatic rings. The molecule has 1 N–H and O–H groups in total. The molecule has 2 heteroatoms. The first kappa shape index (κ1) is 5.06. The Bertz CT molecular complexity index is 55.1. The van der Waals surface area contributed by atoms with Crippen molar-refractivity contribution in [3.63, 3.8) is 0 Å². The van der Waals surface area contributed by atoms with E-state index in [0.29, 0.717) is 18.6 Å². The standard InChI is InChI=1S/C5H10O2/c1-7-5-2-4(5)3-6/h4-6H,2-3H2,1H3. The Labute approximate surface area is 43.1 Å². The number of ether oxygens (including phenoxy) is 1. The average Bonchev–Trinajstić information content (AvgIpc) is 2.43. The van der Waals surface area contributed by atoms with Gasteiger partial charge in [0, 0.05) is 19.6 Å². The molecule has 0 radical (unpaired) electrons. The van der Waals surface area contributed by atoms with Crippen LogP contribution in [-0.4, -0.2) is 24.9 Å². The van der Waals surface area contributed by atoms with Crippen molar-refractivity contribution in [1.29, 1.82) is 0 Å². The largest absolute Gasteiger partial charge is 0.396 e. The predicted octanol–water partition coefficient (Wildman–Crippen LogP) is 0.0136. The summed E-state index contributed by atoms with van der Waals surface area (Å²) in [6, 6.07) is 0. The SMILES string of the molecule is COC1CC1CO. The topological polar surface area (TPSA) is 29.5 Å². The highest BCUT2D eigenvalue weighted by Gasteiger charge is 2.36. The zero-order valence-corrected chi connectivity index (χ0v) is 4.42. The molecule has 0 amide bonds. The molecule has 2 unspecified atom stereocenters. The third kappa shape index (κ3) is 0.924. The number of methoxy groups -OCH3 is 1. The van der Waals surface area contributed by atoms with E-state index in [2.05, 4.69) is 0 Å². The molecule has 1 fully saturated rings. The summed E-state index contributed by atoms with van der Waals surface area (Å²) in [5.74, 6) is 0.449. The van der Waals surface area contributed by atoms with Gasteiger partial charge in [-0.3, -0.25) is 0 Å². The maximum absolute atomic E-state index is 8.43. The molecule has 0 bridgehead atoms. The molecule has 1 saturated carbocycles. The molecule has 42 valence electrons. The van der Waals surface area contributed by atoms with Crippen LogP contribution in [0.15, 0.2) is 0 Å². The van der Waals surface area contributed by atoms with Gasteiger partial charge in [0.1, 0.15) is 0 Å². The van der Waals surface area contributed by atoms with Crippen molar-refractivity contribution < 1.29 is 9.84 Å². The molecule has 2 atom stereocenters. The van der Waals surface area contributed by atoms with E-state index in [9.17, 15) is 0 Å². The van der Waals surface area contributed by atoms with Crippen LogP contribution in [-0.2, 0) is 4.74 Å². The Morgan fingerprint density at radius 3 is 2.71 bits per heavy atom. The second kappa shape index (κ2) is 1.80. The van der Waals surface area contributed by atoms with E-state index in [4.69, 9.17) is 9.84 Å². The lowest BCUT2D eigenvalue weighted by Gasteiger charge is -1.88. The first-order valence-electron chi connectivity index (χ1n) is 2.52. The van der Waals surface area contributed by atoms with Crippen LogP contribution in [0.4, 0.5) is 0 Å². The smallest absolute Gasteiger partial charge is 0.0626 e. The normalized spacial score (nSPS) is 38.6. The molecule has 0 aromatic rings. The fourth-order valence-corrected chi connectivity index (χ4v) is 0.701. The van der Waals surface area contributed by atoms with E-state index in [0.717, 1.165) is 6.42 Å². The van der Waals surface area contributed by atoms with Crippen molar-refractivity contribution in [3.05, 3.63) is 0 Å². The molecule has 0 aromatic carbocycles. The summed E-state index contributed by atoms with van der Waals surface area (Å²) in [6.07, 6.45) is 1.41. The van der Waals surface area contributed by atoms with Gasteiger partial charge in [-0.2, -0.15) is 0 Å². The third-order valence-corrected chi connectivity index (χ3v) is 1.39. The molecule has 2 nitrogen and oxygen atoms in total. The Hall–Kier alpha value is -0.0800. The quantitative estimate of drug-likeness (QED) is 0.532. The van der Waals surface area contributed by atoms with E-state index < -0.39 is 0 Å². The van der Waals surface area contributed by atoms with Crippen molar-refractivity contribution in [2.45, 2.75) is 12.5 Å². The lowest BCUT2D eigenvalue weighted by molar-refractivity contribution is 0.150. The van der Waals surface area contributed by atoms with Crippen molar-refractivity contribution >= 4 is 0 Å². The van der Waals surface area contributed by atoms with Crippen LogP contribution in [0.25, 0.3) is 0 Å². The molecule has 0 spiro atoms. The number of rotatable bonds is 2. The summed E-state index contributed by atoms with van der Waals surface area (Å²) in [5, 5.41) is 8.43. The van der Waals surface area contributed by atoms with E-state index >= 15 is 0 Å². The minimum atomic E-state index is 0.290. The number of hydrogen-bond donors (Lipinski definition) is 1. The maximum Gasteiger partial charge on any atom is 0.0626 e. The van der Waals surface area contributed by atoms with Gasteiger partial charge in [-0.15, -0.1) is 0 Å². The van der Waals surface area contributed by atoms with E-state index in [-0.39, 0.29) is 0 Å². The molecule has 0 aromatic heterocycles. The lowest BCUT2D eigenvalue weighted by atomic mass is 10.5. The van der Waals surface area contributed by atoms with Gasteiger partial charge in [-0.1, -0.05) is 0 Å². The van der Waals surface area contributed by atoms with Crippen LogP contribution in [0.2, 0.25) is 0 Å². The minimum Gasteiger partial charge on any atom is -0.396 e. The Kier molecular flexibility index (Phi) is 1.30. The predicted molar refractivity (Wildman–Crippen MR) is 26.0 cm³/mol. The Morgan fingerprint density at radius 2 is 2.57 bits per heavy atom. The molecule has 1 rings (SSSR count). The Morgan fingerprint density at radius 1 is 1.86 bits per heavy atom. The van der Waals surface area contributed by atoms with E-state index in [1.807, 2.05) is 0 Å². The average molecular weight is 102 g/mol. The third-order valence-electron chi connectivity index (χ3n) is 1.39. The van der Waals surface area contributed by atoms with Crippen LogP contribution in [0.3, 0.4) is 0 Å². The van der Waals surface area contributed by atoms with Crippen molar-refractivity contribution in [2.75, 3.05) is 13.7 Å².